The first-order valence-electron chi connectivity index (χ1n) is 10.5. The van der Waals surface area contributed by atoms with Crippen LogP contribution < -0.4 is 9.64 Å². The normalized spacial score (nSPS) is 21.5. The molecule has 0 saturated carbocycles. The molecule has 2 aliphatic rings. The van der Waals surface area contributed by atoms with E-state index in [2.05, 4.69) is 38.7 Å². The largest absolute Gasteiger partial charge is 0.496 e. The van der Waals surface area contributed by atoms with E-state index in [9.17, 15) is 14.4 Å². The number of rotatable bonds is 6. The molecule has 7 nitrogen and oxygen atoms in total. The molecular weight excluding hydrogens is 416 g/mol. The number of hydrogen-bond donors (Lipinski definition) is 0. The molecule has 31 heavy (non-hydrogen) atoms. The first-order chi connectivity index (χ1) is 14.6. The van der Waals surface area contributed by atoms with Gasteiger partial charge in [-0.15, -0.1) is 0 Å². The van der Waals surface area contributed by atoms with Gasteiger partial charge in [0.15, 0.2) is 0 Å². The predicted molar refractivity (Wildman–Crippen MR) is 122 cm³/mol. The number of amides is 2. The molecule has 1 saturated heterocycles. The Kier molecular flexibility index (Phi) is 6.69. The third kappa shape index (κ3) is 4.44. The number of esters is 1. The fourth-order valence-electron chi connectivity index (χ4n) is 4.53. The molecule has 2 aliphatic heterocycles. The lowest BCUT2D eigenvalue weighted by atomic mass is 9.79. The summed E-state index contributed by atoms with van der Waals surface area (Å²) in [5.74, 6) is -0.121. The highest BCUT2D eigenvalue weighted by Gasteiger charge is 2.38. The van der Waals surface area contributed by atoms with E-state index in [1.807, 2.05) is 6.07 Å². The smallest absolute Gasteiger partial charge is 0.326 e. The highest BCUT2D eigenvalue weighted by molar-refractivity contribution is 8.18. The minimum absolute atomic E-state index is 0.0312. The Balaban J connectivity index is 1.98. The molecule has 2 amide bonds. The second-order valence-corrected chi connectivity index (χ2v) is 9.38. The molecule has 1 aromatic carbocycles. The average Bonchev–Trinajstić information content (AvgIpc) is 2.95. The Morgan fingerprint density at radius 1 is 1.29 bits per heavy atom. The maximum Gasteiger partial charge on any atom is 0.326 e. The van der Waals surface area contributed by atoms with E-state index >= 15 is 0 Å². The van der Waals surface area contributed by atoms with Crippen molar-refractivity contribution in [1.29, 1.82) is 0 Å². The van der Waals surface area contributed by atoms with Gasteiger partial charge in [0.05, 0.1) is 18.6 Å². The maximum absolute atomic E-state index is 12.8. The van der Waals surface area contributed by atoms with Crippen LogP contribution in [0.15, 0.2) is 17.0 Å². The van der Waals surface area contributed by atoms with Crippen LogP contribution in [0.2, 0.25) is 0 Å². The number of methoxy groups -OCH3 is 1. The van der Waals surface area contributed by atoms with Crippen molar-refractivity contribution < 1.29 is 23.9 Å². The summed E-state index contributed by atoms with van der Waals surface area (Å²) >= 11 is 0.824. The van der Waals surface area contributed by atoms with Gasteiger partial charge in [-0.1, -0.05) is 6.92 Å². The minimum atomic E-state index is -0.603. The lowest BCUT2D eigenvalue weighted by molar-refractivity contribution is -0.145. The molecule has 0 aliphatic carbocycles. The van der Waals surface area contributed by atoms with Crippen LogP contribution >= 0.6 is 11.8 Å². The van der Waals surface area contributed by atoms with E-state index in [-0.39, 0.29) is 23.6 Å². The van der Waals surface area contributed by atoms with Gasteiger partial charge in [-0.25, -0.2) is 0 Å². The van der Waals surface area contributed by atoms with Crippen LogP contribution in [0.3, 0.4) is 0 Å². The van der Waals surface area contributed by atoms with Crippen LogP contribution in [-0.2, 0) is 14.3 Å². The van der Waals surface area contributed by atoms with Gasteiger partial charge in [-0.3, -0.25) is 19.3 Å². The van der Waals surface area contributed by atoms with Crippen molar-refractivity contribution in [2.24, 2.45) is 0 Å². The Hall–Kier alpha value is -2.48. The molecule has 1 fully saturated rings. The quantitative estimate of drug-likeness (QED) is 0.473. The van der Waals surface area contributed by atoms with E-state index in [1.54, 1.807) is 20.1 Å². The van der Waals surface area contributed by atoms with E-state index < -0.39 is 17.1 Å². The molecule has 3 rings (SSSR count). The molecule has 1 aromatic rings. The van der Waals surface area contributed by atoms with Gasteiger partial charge >= 0.3 is 5.97 Å². The number of nitrogens with zero attached hydrogens (tertiary/aromatic N) is 2. The summed E-state index contributed by atoms with van der Waals surface area (Å²) in [6.07, 6.45) is 2.69. The van der Waals surface area contributed by atoms with Gasteiger partial charge in [0, 0.05) is 29.4 Å². The number of ether oxygens (including phenoxy) is 2. The zero-order valence-electron chi connectivity index (χ0n) is 19.0. The van der Waals surface area contributed by atoms with Crippen LogP contribution in [0.25, 0.3) is 6.08 Å². The third-order valence-corrected chi connectivity index (χ3v) is 6.71. The molecule has 2 heterocycles. The van der Waals surface area contributed by atoms with Crippen LogP contribution in [0.5, 0.6) is 5.75 Å². The van der Waals surface area contributed by atoms with Gasteiger partial charge in [0.25, 0.3) is 11.1 Å². The van der Waals surface area contributed by atoms with Crippen molar-refractivity contribution >= 4 is 40.6 Å². The van der Waals surface area contributed by atoms with Gasteiger partial charge < -0.3 is 14.4 Å². The molecule has 0 radical (unpaired) electrons. The molecule has 0 spiro atoms. The van der Waals surface area contributed by atoms with Crippen molar-refractivity contribution in [3.8, 4) is 5.75 Å². The minimum Gasteiger partial charge on any atom is -0.496 e. The predicted octanol–water partition coefficient (Wildman–Crippen LogP) is 4.41. The van der Waals surface area contributed by atoms with Gasteiger partial charge in [-0.2, -0.15) is 0 Å². The first kappa shape index (κ1) is 23.2. The fraction of sp³-hybridized carbons (Fsp3) is 0.522. The number of carbonyl (C=O) groups is 3. The topological polar surface area (TPSA) is 76.2 Å². The van der Waals surface area contributed by atoms with Crippen LogP contribution in [0, 0.1) is 0 Å². The molecule has 1 unspecified atom stereocenters. The number of benzene rings is 1. The van der Waals surface area contributed by atoms with Gasteiger partial charge in [0.2, 0.25) is 0 Å². The van der Waals surface area contributed by atoms with Gasteiger partial charge in [0.1, 0.15) is 12.3 Å². The summed E-state index contributed by atoms with van der Waals surface area (Å²) in [5.41, 5.74) is 3.10. The lowest BCUT2D eigenvalue weighted by Gasteiger charge is -2.47. The summed E-state index contributed by atoms with van der Waals surface area (Å²) in [6, 6.07) is 4.07. The number of anilines is 1. The van der Waals surface area contributed by atoms with Crippen molar-refractivity contribution in [2.75, 3.05) is 31.7 Å². The molecule has 0 aromatic heterocycles. The number of thioether (sulfide) groups is 1. The van der Waals surface area contributed by atoms with E-state index in [0.717, 1.165) is 40.9 Å². The highest BCUT2D eigenvalue weighted by Crippen LogP contribution is 2.46. The van der Waals surface area contributed by atoms with Crippen molar-refractivity contribution in [1.82, 2.24) is 4.90 Å². The van der Waals surface area contributed by atoms with Crippen LogP contribution in [0.4, 0.5) is 10.5 Å². The summed E-state index contributed by atoms with van der Waals surface area (Å²) in [5, 5.41) is -0.478. The van der Waals surface area contributed by atoms with Crippen molar-refractivity contribution in [3.05, 3.63) is 28.2 Å². The SMILES string of the molecule is CCOC(=O)CN1C(=O)S/C(=C\c2cc3c(cc2OC)N(CC)C(C)(C)CC3C)C1=O. The maximum atomic E-state index is 12.8. The second kappa shape index (κ2) is 8.94. The number of fused-ring (bicyclic) bond motifs is 1. The fourth-order valence-corrected chi connectivity index (χ4v) is 5.36. The summed E-state index contributed by atoms with van der Waals surface area (Å²) in [4.78, 5) is 40.4. The lowest BCUT2D eigenvalue weighted by Crippen LogP contribution is -2.48. The van der Waals surface area contributed by atoms with Crippen molar-refractivity contribution in [3.63, 3.8) is 0 Å². The Labute approximate surface area is 187 Å². The molecule has 8 heteroatoms. The standard InChI is InChI=1S/C23H30N2O5S/c1-7-25-17-11-18(29-6)15(9-16(17)14(3)12-23(25,4)5)10-19-21(27)24(22(28)31-19)13-20(26)30-8-2/h9-11,14H,7-8,12-13H2,1-6H3/b19-10-. The van der Waals surface area contributed by atoms with Crippen LogP contribution in [0.1, 0.15) is 58.1 Å². The summed E-state index contributed by atoms with van der Waals surface area (Å²) < 4.78 is 10.5. The average molecular weight is 447 g/mol. The van der Waals surface area contributed by atoms with Crippen LogP contribution in [-0.4, -0.2) is 54.4 Å². The van der Waals surface area contributed by atoms with Gasteiger partial charge in [-0.05, 0) is 69.5 Å². The van der Waals surface area contributed by atoms with E-state index in [0.29, 0.717) is 11.7 Å². The summed E-state index contributed by atoms with van der Waals surface area (Å²) in [6.45, 7) is 11.2. The number of carbonyl (C=O) groups excluding carboxylic acids is 3. The summed E-state index contributed by atoms with van der Waals surface area (Å²) in [7, 11) is 1.60. The Bertz CT molecular complexity index is 940. The molecule has 0 N–H and O–H groups in total. The molecule has 168 valence electrons. The monoisotopic (exact) mass is 446 g/mol. The van der Waals surface area contributed by atoms with E-state index in [4.69, 9.17) is 9.47 Å². The Morgan fingerprint density at radius 2 is 2.00 bits per heavy atom. The van der Waals surface area contributed by atoms with Crippen molar-refractivity contribution in [2.45, 2.75) is 52.5 Å². The zero-order chi connectivity index (χ0) is 22.9. The number of hydrogen-bond acceptors (Lipinski definition) is 7. The molecular formula is C23H30N2O5S. The third-order valence-electron chi connectivity index (χ3n) is 5.81. The highest BCUT2D eigenvalue weighted by atomic mass is 32.2. The molecule has 1 atom stereocenters. The second-order valence-electron chi connectivity index (χ2n) is 8.39. The van der Waals surface area contributed by atoms with E-state index in [1.165, 1.54) is 5.56 Å². The Morgan fingerprint density at radius 3 is 2.61 bits per heavy atom. The zero-order valence-corrected chi connectivity index (χ0v) is 19.8. The molecule has 0 bridgehead atoms. The first-order valence-corrected chi connectivity index (χ1v) is 11.3. The number of imide groups is 1.